The van der Waals surface area contributed by atoms with Crippen molar-refractivity contribution in [3.63, 3.8) is 0 Å². The molecule has 0 aliphatic heterocycles. The van der Waals surface area contributed by atoms with Crippen molar-refractivity contribution in [1.82, 2.24) is 9.38 Å². The zero-order valence-corrected chi connectivity index (χ0v) is 7.40. The van der Waals surface area contributed by atoms with Gasteiger partial charge in [0.2, 0.25) is 0 Å². The smallest absolute Gasteiger partial charge is 0.255 e. The fourth-order valence-electron chi connectivity index (χ4n) is 1.12. The number of pyridine rings is 1. The van der Waals surface area contributed by atoms with Crippen LogP contribution in [-0.4, -0.2) is 17.8 Å². The molecule has 0 radical (unpaired) electrons. The lowest BCUT2D eigenvalue weighted by Crippen LogP contribution is -2.14. The van der Waals surface area contributed by atoms with Crippen LogP contribution in [-0.2, 0) is 10.0 Å². The zero-order chi connectivity index (χ0) is 9.47. The van der Waals surface area contributed by atoms with Crippen molar-refractivity contribution in [2.75, 3.05) is 0 Å². The minimum absolute atomic E-state index is 0.00287. The van der Waals surface area contributed by atoms with Crippen molar-refractivity contribution < 1.29 is 8.42 Å². The molecule has 2 rings (SSSR count). The summed E-state index contributed by atoms with van der Waals surface area (Å²) in [5.41, 5.74) is 0.562. The lowest BCUT2D eigenvalue weighted by Gasteiger charge is -1.96. The van der Waals surface area contributed by atoms with E-state index in [1.165, 1.54) is 10.6 Å². The summed E-state index contributed by atoms with van der Waals surface area (Å²) in [5, 5.41) is 4.98. The third-order valence-corrected chi connectivity index (χ3v) is 2.56. The van der Waals surface area contributed by atoms with Crippen LogP contribution in [0.4, 0.5) is 0 Å². The first-order valence-corrected chi connectivity index (χ1v) is 5.08. The standard InChI is InChI=1S/C7H7N3O2S/c8-13(11,12)7-5-9-6-3-1-2-4-10(6)7/h1-5H,(H2,8,11,12). The molecule has 0 atom stereocenters. The van der Waals surface area contributed by atoms with Crippen molar-refractivity contribution in [3.8, 4) is 0 Å². The van der Waals surface area contributed by atoms with Gasteiger partial charge in [-0.15, -0.1) is 0 Å². The molecule has 2 heterocycles. The van der Waals surface area contributed by atoms with Gasteiger partial charge >= 0.3 is 0 Å². The van der Waals surface area contributed by atoms with Crippen molar-refractivity contribution in [2.24, 2.45) is 5.14 Å². The molecule has 5 nitrogen and oxygen atoms in total. The predicted octanol–water partition coefficient (Wildman–Crippen LogP) is -0.0183. The fourth-order valence-corrected chi connectivity index (χ4v) is 1.75. The van der Waals surface area contributed by atoms with Crippen LogP contribution in [0.25, 0.3) is 5.65 Å². The van der Waals surface area contributed by atoms with Gasteiger partial charge in [-0.05, 0) is 12.1 Å². The molecular formula is C7H7N3O2S. The second kappa shape index (κ2) is 2.54. The van der Waals surface area contributed by atoms with Crippen LogP contribution in [0, 0.1) is 0 Å². The van der Waals surface area contributed by atoms with E-state index in [1.807, 2.05) is 0 Å². The summed E-state index contributed by atoms with van der Waals surface area (Å²) in [6, 6.07) is 5.19. The Kier molecular flexibility index (Phi) is 1.61. The first-order chi connectivity index (χ1) is 6.09. The molecule has 2 aromatic heterocycles. The summed E-state index contributed by atoms with van der Waals surface area (Å²) in [5.74, 6) is 0. The third-order valence-electron chi connectivity index (χ3n) is 1.67. The van der Waals surface area contributed by atoms with E-state index in [4.69, 9.17) is 5.14 Å². The maximum absolute atomic E-state index is 11.0. The van der Waals surface area contributed by atoms with Gasteiger partial charge in [-0.1, -0.05) is 6.07 Å². The zero-order valence-electron chi connectivity index (χ0n) is 6.58. The van der Waals surface area contributed by atoms with E-state index in [0.29, 0.717) is 5.65 Å². The molecule has 2 N–H and O–H groups in total. The van der Waals surface area contributed by atoms with Crippen LogP contribution < -0.4 is 5.14 Å². The van der Waals surface area contributed by atoms with Crippen molar-refractivity contribution in [2.45, 2.75) is 5.03 Å². The average Bonchev–Trinajstić information content (AvgIpc) is 2.45. The Morgan fingerprint density at radius 3 is 2.85 bits per heavy atom. The summed E-state index contributed by atoms with van der Waals surface area (Å²) in [6.45, 7) is 0. The Bertz CT molecular complexity index is 544. The number of imidazole rings is 1. The van der Waals surface area contributed by atoms with Gasteiger partial charge in [-0.25, -0.2) is 18.5 Å². The third kappa shape index (κ3) is 1.30. The van der Waals surface area contributed by atoms with E-state index < -0.39 is 10.0 Å². The molecule has 0 fully saturated rings. The Morgan fingerprint density at radius 1 is 1.38 bits per heavy atom. The minimum atomic E-state index is -3.69. The van der Waals surface area contributed by atoms with Gasteiger partial charge < -0.3 is 0 Å². The second-order valence-electron chi connectivity index (χ2n) is 2.57. The van der Waals surface area contributed by atoms with Gasteiger partial charge in [0, 0.05) is 6.20 Å². The summed E-state index contributed by atoms with van der Waals surface area (Å²) in [4.78, 5) is 3.89. The monoisotopic (exact) mass is 197 g/mol. The highest BCUT2D eigenvalue weighted by atomic mass is 32.2. The van der Waals surface area contributed by atoms with Crippen LogP contribution in [0.3, 0.4) is 0 Å². The molecule has 2 aromatic rings. The Morgan fingerprint density at radius 2 is 2.15 bits per heavy atom. The number of fused-ring (bicyclic) bond motifs is 1. The molecule has 0 amide bonds. The largest absolute Gasteiger partial charge is 0.289 e. The molecule has 6 heteroatoms. The predicted molar refractivity (Wildman–Crippen MR) is 46.6 cm³/mol. The normalized spacial score (nSPS) is 12.1. The molecule has 0 unspecified atom stereocenters. The van der Waals surface area contributed by atoms with Gasteiger partial charge in [0.1, 0.15) is 5.65 Å². The number of primary sulfonamides is 1. The molecule has 0 aliphatic carbocycles. The quantitative estimate of drug-likeness (QED) is 0.698. The molecule has 0 spiro atoms. The molecule has 0 bridgehead atoms. The highest BCUT2D eigenvalue weighted by molar-refractivity contribution is 7.89. The van der Waals surface area contributed by atoms with Crippen LogP contribution >= 0.6 is 0 Å². The number of rotatable bonds is 1. The Labute approximate surface area is 74.9 Å². The maximum atomic E-state index is 11.0. The van der Waals surface area contributed by atoms with Crippen LogP contribution in [0.2, 0.25) is 0 Å². The molecule has 0 aliphatic rings. The Hall–Kier alpha value is -1.40. The molecular weight excluding hydrogens is 190 g/mol. The summed E-state index contributed by atoms with van der Waals surface area (Å²) in [7, 11) is -3.69. The SMILES string of the molecule is NS(=O)(=O)c1cnc2ccccn12. The average molecular weight is 197 g/mol. The number of aromatic nitrogens is 2. The highest BCUT2D eigenvalue weighted by Crippen LogP contribution is 2.09. The van der Waals surface area contributed by atoms with Crippen molar-refractivity contribution in [3.05, 3.63) is 30.6 Å². The summed E-state index contributed by atoms with van der Waals surface area (Å²) in [6.07, 6.45) is 2.84. The topological polar surface area (TPSA) is 77.5 Å². The van der Waals surface area contributed by atoms with Crippen molar-refractivity contribution >= 4 is 15.7 Å². The van der Waals surface area contributed by atoms with Crippen LogP contribution in [0.1, 0.15) is 0 Å². The van der Waals surface area contributed by atoms with E-state index in [-0.39, 0.29) is 5.03 Å². The van der Waals surface area contributed by atoms with Crippen LogP contribution in [0.5, 0.6) is 0 Å². The fraction of sp³-hybridized carbons (Fsp3) is 0. The first kappa shape index (κ1) is 8.21. The number of hydrogen-bond donors (Lipinski definition) is 1. The molecule has 13 heavy (non-hydrogen) atoms. The van der Waals surface area contributed by atoms with E-state index in [2.05, 4.69) is 4.98 Å². The first-order valence-electron chi connectivity index (χ1n) is 3.54. The van der Waals surface area contributed by atoms with Crippen LogP contribution in [0.15, 0.2) is 35.6 Å². The van der Waals surface area contributed by atoms with E-state index in [9.17, 15) is 8.42 Å². The minimum Gasteiger partial charge on any atom is -0.289 e. The number of sulfonamides is 1. The lowest BCUT2D eigenvalue weighted by atomic mass is 10.5. The van der Waals surface area contributed by atoms with Gasteiger partial charge in [0.05, 0.1) is 6.20 Å². The van der Waals surface area contributed by atoms with Gasteiger partial charge in [0.25, 0.3) is 10.0 Å². The number of nitrogens with two attached hydrogens (primary N) is 1. The lowest BCUT2D eigenvalue weighted by molar-refractivity contribution is 0.593. The number of hydrogen-bond acceptors (Lipinski definition) is 3. The Balaban J connectivity index is 2.87. The van der Waals surface area contributed by atoms with Crippen molar-refractivity contribution in [1.29, 1.82) is 0 Å². The van der Waals surface area contributed by atoms with Gasteiger partial charge in [-0.2, -0.15) is 0 Å². The van der Waals surface area contributed by atoms with E-state index >= 15 is 0 Å². The second-order valence-corrected chi connectivity index (χ2v) is 4.08. The van der Waals surface area contributed by atoms with E-state index in [1.54, 1.807) is 24.4 Å². The molecule has 0 saturated carbocycles. The van der Waals surface area contributed by atoms with Gasteiger partial charge in [-0.3, -0.25) is 4.40 Å². The highest BCUT2D eigenvalue weighted by Gasteiger charge is 2.12. The molecule has 68 valence electrons. The van der Waals surface area contributed by atoms with Gasteiger partial charge in [0.15, 0.2) is 5.03 Å². The molecule has 0 saturated heterocycles. The summed E-state index contributed by atoms with van der Waals surface area (Å²) >= 11 is 0. The number of nitrogens with zero attached hydrogens (tertiary/aromatic N) is 2. The summed E-state index contributed by atoms with van der Waals surface area (Å²) < 4.78 is 23.5. The van der Waals surface area contributed by atoms with E-state index in [0.717, 1.165) is 0 Å². The molecule has 0 aromatic carbocycles. The maximum Gasteiger partial charge on any atom is 0.255 e.